The summed E-state index contributed by atoms with van der Waals surface area (Å²) in [6, 6.07) is 10.3. The third-order valence-corrected chi connectivity index (χ3v) is 5.51. The molecule has 6 nitrogen and oxygen atoms in total. The quantitative estimate of drug-likeness (QED) is 0.453. The van der Waals surface area contributed by atoms with Gasteiger partial charge in [0.25, 0.3) is 0 Å². The van der Waals surface area contributed by atoms with Crippen LogP contribution in [0.25, 0.3) is 10.8 Å². The zero-order chi connectivity index (χ0) is 22.1. The first-order chi connectivity index (χ1) is 14.0. The SMILES string of the molecule is C[C@@H]1CC[C@@H](C(=O)OCC(=O)c2ccc3cc(Br)ccc3c2)N1C(=O)OC(C)(C)C. The first-order valence-electron chi connectivity index (χ1n) is 9.95. The van der Waals surface area contributed by atoms with Gasteiger partial charge in [0.15, 0.2) is 12.4 Å². The molecule has 1 aliphatic heterocycles. The van der Waals surface area contributed by atoms with E-state index in [1.54, 1.807) is 32.9 Å². The normalized spacial score (nSPS) is 19.0. The zero-order valence-corrected chi connectivity index (χ0v) is 19.2. The molecule has 0 aliphatic carbocycles. The zero-order valence-electron chi connectivity index (χ0n) is 17.6. The minimum absolute atomic E-state index is 0.132. The average Bonchev–Trinajstić information content (AvgIpc) is 3.05. The summed E-state index contributed by atoms with van der Waals surface area (Å²) in [5, 5.41) is 1.93. The maximum atomic E-state index is 12.6. The number of nitrogens with zero attached hydrogens (tertiary/aromatic N) is 1. The lowest BCUT2D eigenvalue weighted by molar-refractivity contribution is -0.148. The highest BCUT2D eigenvalue weighted by Crippen LogP contribution is 2.27. The highest BCUT2D eigenvalue weighted by molar-refractivity contribution is 9.10. The summed E-state index contributed by atoms with van der Waals surface area (Å²) < 4.78 is 11.7. The van der Waals surface area contributed by atoms with Crippen LogP contribution in [0, 0.1) is 0 Å². The Bertz CT molecular complexity index is 981. The van der Waals surface area contributed by atoms with Crippen LogP contribution in [0.1, 0.15) is 50.9 Å². The number of rotatable bonds is 4. The Morgan fingerprint density at radius 3 is 2.43 bits per heavy atom. The van der Waals surface area contributed by atoms with Gasteiger partial charge >= 0.3 is 12.1 Å². The predicted octanol–water partition coefficient (Wildman–Crippen LogP) is 5.12. The number of ether oxygens (including phenoxy) is 2. The summed E-state index contributed by atoms with van der Waals surface area (Å²) >= 11 is 3.43. The second-order valence-corrected chi connectivity index (χ2v) is 9.48. The molecule has 1 aliphatic rings. The molecule has 3 rings (SSSR count). The predicted molar refractivity (Wildman–Crippen MR) is 117 cm³/mol. The van der Waals surface area contributed by atoms with Crippen LogP contribution in [0.5, 0.6) is 0 Å². The van der Waals surface area contributed by atoms with Crippen LogP contribution in [-0.2, 0) is 14.3 Å². The van der Waals surface area contributed by atoms with E-state index < -0.39 is 23.7 Å². The Balaban J connectivity index is 1.64. The van der Waals surface area contributed by atoms with Crippen molar-refractivity contribution in [3.8, 4) is 0 Å². The number of carbonyl (C=O) groups is 3. The van der Waals surface area contributed by atoms with Crippen molar-refractivity contribution in [3.63, 3.8) is 0 Å². The second kappa shape index (κ2) is 8.76. The molecule has 0 aromatic heterocycles. The highest BCUT2D eigenvalue weighted by Gasteiger charge is 2.42. The van der Waals surface area contributed by atoms with Gasteiger partial charge in [-0.3, -0.25) is 9.69 Å². The maximum Gasteiger partial charge on any atom is 0.411 e. The molecule has 0 N–H and O–H groups in total. The van der Waals surface area contributed by atoms with E-state index in [0.717, 1.165) is 15.2 Å². The van der Waals surface area contributed by atoms with Crippen molar-refractivity contribution in [3.05, 3.63) is 46.4 Å². The van der Waals surface area contributed by atoms with Crippen LogP contribution < -0.4 is 0 Å². The van der Waals surface area contributed by atoms with Gasteiger partial charge in [0.2, 0.25) is 0 Å². The summed E-state index contributed by atoms with van der Waals surface area (Å²) in [6.45, 7) is 6.84. The van der Waals surface area contributed by atoms with Crippen molar-refractivity contribution in [1.82, 2.24) is 4.90 Å². The van der Waals surface area contributed by atoms with E-state index in [2.05, 4.69) is 15.9 Å². The van der Waals surface area contributed by atoms with Crippen LogP contribution in [0.2, 0.25) is 0 Å². The summed E-state index contributed by atoms with van der Waals surface area (Å²) in [7, 11) is 0. The minimum atomic E-state index is -0.739. The van der Waals surface area contributed by atoms with Crippen LogP contribution in [0.4, 0.5) is 4.79 Å². The molecule has 1 saturated heterocycles. The molecule has 0 radical (unpaired) electrons. The largest absolute Gasteiger partial charge is 0.456 e. The topological polar surface area (TPSA) is 72.9 Å². The third kappa shape index (κ3) is 5.19. The van der Waals surface area contributed by atoms with Gasteiger partial charge in [-0.05, 0) is 69.5 Å². The monoisotopic (exact) mass is 475 g/mol. The Kier molecular flexibility index (Phi) is 6.50. The van der Waals surface area contributed by atoms with E-state index >= 15 is 0 Å². The minimum Gasteiger partial charge on any atom is -0.456 e. The summed E-state index contributed by atoms with van der Waals surface area (Å²) in [6.07, 6.45) is 0.618. The first-order valence-corrected chi connectivity index (χ1v) is 10.7. The van der Waals surface area contributed by atoms with Gasteiger partial charge in [0, 0.05) is 16.1 Å². The average molecular weight is 476 g/mol. The Morgan fingerprint density at radius 2 is 1.73 bits per heavy atom. The van der Waals surface area contributed by atoms with E-state index in [1.807, 2.05) is 31.2 Å². The summed E-state index contributed by atoms with van der Waals surface area (Å²) in [5.41, 5.74) is -0.184. The maximum absolute atomic E-state index is 12.6. The van der Waals surface area contributed by atoms with E-state index in [9.17, 15) is 14.4 Å². The van der Waals surface area contributed by atoms with Crippen molar-refractivity contribution in [2.45, 2.75) is 58.2 Å². The molecule has 2 aromatic rings. The molecule has 2 atom stereocenters. The van der Waals surface area contributed by atoms with Crippen molar-refractivity contribution >= 4 is 44.5 Å². The van der Waals surface area contributed by atoms with Crippen LogP contribution >= 0.6 is 15.9 Å². The van der Waals surface area contributed by atoms with Gasteiger partial charge < -0.3 is 9.47 Å². The Morgan fingerprint density at radius 1 is 1.07 bits per heavy atom. The summed E-state index contributed by atoms with van der Waals surface area (Å²) in [5.74, 6) is -0.869. The highest BCUT2D eigenvalue weighted by atomic mass is 79.9. The molecule has 0 bridgehead atoms. The van der Waals surface area contributed by atoms with Crippen molar-refractivity contribution in [2.75, 3.05) is 6.61 Å². The molecule has 0 unspecified atom stereocenters. The van der Waals surface area contributed by atoms with Gasteiger partial charge in [0.1, 0.15) is 11.6 Å². The summed E-state index contributed by atoms with van der Waals surface area (Å²) in [4.78, 5) is 39.1. The molecule has 1 heterocycles. The molecule has 30 heavy (non-hydrogen) atoms. The number of likely N-dealkylation sites (tertiary alicyclic amines) is 1. The lowest BCUT2D eigenvalue weighted by Crippen LogP contribution is -2.47. The number of ketones is 1. The Hall–Kier alpha value is -2.41. The van der Waals surface area contributed by atoms with E-state index in [0.29, 0.717) is 18.4 Å². The third-order valence-electron chi connectivity index (χ3n) is 5.01. The second-order valence-electron chi connectivity index (χ2n) is 8.57. The van der Waals surface area contributed by atoms with Gasteiger partial charge in [-0.2, -0.15) is 0 Å². The number of amides is 1. The number of benzene rings is 2. The van der Waals surface area contributed by atoms with Gasteiger partial charge in [-0.1, -0.05) is 34.1 Å². The number of halogens is 1. The lowest BCUT2D eigenvalue weighted by Gasteiger charge is -2.30. The van der Waals surface area contributed by atoms with Gasteiger partial charge in [-0.25, -0.2) is 9.59 Å². The number of esters is 1. The smallest absolute Gasteiger partial charge is 0.411 e. The fourth-order valence-electron chi connectivity index (χ4n) is 3.54. The number of carbonyl (C=O) groups excluding carboxylic acids is 3. The van der Waals surface area contributed by atoms with E-state index in [4.69, 9.17) is 9.47 Å². The lowest BCUT2D eigenvalue weighted by atomic mass is 10.0. The molecular weight excluding hydrogens is 450 g/mol. The first kappa shape index (κ1) is 22.3. The molecular formula is C23H26BrNO5. The fourth-order valence-corrected chi connectivity index (χ4v) is 3.92. The standard InChI is InChI=1S/C23H26BrNO5/c1-14-5-10-19(25(14)22(28)30-23(2,3)4)21(27)29-13-20(26)17-7-6-16-12-18(24)9-8-15(16)11-17/h6-9,11-12,14,19H,5,10,13H2,1-4H3/t14-,19+/m1/s1. The van der Waals surface area contributed by atoms with E-state index in [1.165, 1.54) is 4.90 Å². The van der Waals surface area contributed by atoms with Crippen LogP contribution in [-0.4, -0.2) is 47.0 Å². The molecule has 160 valence electrons. The molecule has 2 aromatic carbocycles. The number of hydrogen-bond acceptors (Lipinski definition) is 5. The van der Waals surface area contributed by atoms with Crippen molar-refractivity contribution < 1.29 is 23.9 Å². The molecule has 0 saturated carbocycles. The molecule has 0 spiro atoms. The number of fused-ring (bicyclic) bond motifs is 1. The number of hydrogen-bond donors (Lipinski definition) is 0. The van der Waals surface area contributed by atoms with E-state index in [-0.39, 0.29) is 18.4 Å². The fraction of sp³-hybridized carbons (Fsp3) is 0.435. The van der Waals surface area contributed by atoms with Crippen molar-refractivity contribution in [2.24, 2.45) is 0 Å². The molecule has 1 fully saturated rings. The van der Waals surface area contributed by atoms with Crippen LogP contribution in [0.15, 0.2) is 40.9 Å². The Labute approximate surface area is 184 Å². The molecule has 1 amide bonds. The molecule has 7 heteroatoms. The van der Waals surface area contributed by atoms with Crippen LogP contribution in [0.3, 0.4) is 0 Å². The van der Waals surface area contributed by atoms with Crippen molar-refractivity contribution in [1.29, 1.82) is 0 Å². The van der Waals surface area contributed by atoms with Gasteiger partial charge in [-0.15, -0.1) is 0 Å². The van der Waals surface area contributed by atoms with Gasteiger partial charge in [0.05, 0.1) is 0 Å². The number of Topliss-reactive ketones (excluding diaryl/α,β-unsaturated/α-hetero) is 1.